The van der Waals surface area contributed by atoms with Crippen molar-refractivity contribution < 1.29 is 0 Å². The van der Waals surface area contributed by atoms with Gasteiger partial charge in [-0.1, -0.05) is 31.1 Å². The number of nitrogens with one attached hydrogen (secondary N) is 1. The molecule has 2 aliphatic carbocycles. The molecule has 2 unspecified atom stereocenters. The predicted molar refractivity (Wildman–Crippen MR) is 65.5 cm³/mol. The van der Waals surface area contributed by atoms with Crippen molar-refractivity contribution in [2.75, 3.05) is 0 Å². The summed E-state index contributed by atoms with van der Waals surface area (Å²) in [6.07, 6.45) is 6.71. The first kappa shape index (κ1) is 10.7. The minimum atomic E-state index is 0.687. The highest BCUT2D eigenvalue weighted by molar-refractivity contribution is 7.11. The fourth-order valence-electron chi connectivity index (χ4n) is 2.52. The summed E-state index contributed by atoms with van der Waals surface area (Å²) < 4.78 is 0. The SMILES string of the molecule is CC1CCCC1c1nnc(CNC2CC2)s1. The van der Waals surface area contributed by atoms with Gasteiger partial charge in [0.05, 0.1) is 0 Å². The Balaban J connectivity index is 1.62. The van der Waals surface area contributed by atoms with Crippen LogP contribution in [0.15, 0.2) is 0 Å². The molecule has 2 aliphatic rings. The molecule has 0 radical (unpaired) electrons. The first-order chi connectivity index (χ1) is 7.83. The molecule has 0 aliphatic heterocycles. The monoisotopic (exact) mass is 237 g/mol. The Hall–Kier alpha value is -0.480. The van der Waals surface area contributed by atoms with Crippen molar-refractivity contribution in [3.8, 4) is 0 Å². The molecule has 0 spiro atoms. The third kappa shape index (κ3) is 2.28. The van der Waals surface area contributed by atoms with Crippen LogP contribution in [0.1, 0.15) is 55.0 Å². The van der Waals surface area contributed by atoms with Crippen molar-refractivity contribution >= 4 is 11.3 Å². The summed E-state index contributed by atoms with van der Waals surface area (Å²) in [4.78, 5) is 0. The highest BCUT2D eigenvalue weighted by atomic mass is 32.1. The Morgan fingerprint density at radius 3 is 2.81 bits per heavy atom. The van der Waals surface area contributed by atoms with Gasteiger partial charge in [-0.05, 0) is 25.2 Å². The zero-order chi connectivity index (χ0) is 11.0. The largest absolute Gasteiger partial charge is 0.308 e. The van der Waals surface area contributed by atoms with E-state index in [2.05, 4.69) is 22.4 Å². The van der Waals surface area contributed by atoms with Gasteiger partial charge in [0.15, 0.2) is 0 Å². The van der Waals surface area contributed by atoms with Crippen LogP contribution >= 0.6 is 11.3 Å². The molecule has 0 aromatic carbocycles. The van der Waals surface area contributed by atoms with E-state index in [0.29, 0.717) is 5.92 Å². The van der Waals surface area contributed by atoms with Crippen molar-refractivity contribution in [1.82, 2.24) is 15.5 Å². The van der Waals surface area contributed by atoms with Crippen molar-refractivity contribution in [3.05, 3.63) is 10.0 Å². The smallest absolute Gasteiger partial charge is 0.131 e. The summed E-state index contributed by atoms with van der Waals surface area (Å²) in [6, 6.07) is 0.762. The summed E-state index contributed by atoms with van der Waals surface area (Å²) in [5.74, 6) is 1.49. The van der Waals surface area contributed by atoms with Crippen LogP contribution < -0.4 is 5.32 Å². The molecule has 2 atom stereocenters. The van der Waals surface area contributed by atoms with Crippen LogP contribution in [0, 0.1) is 5.92 Å². The Morgan fingerprint density at radius 2 is 2.12 bits per heavy atom. The first-order valence-corrected chi connectivity index (χ1v) is 7.20. The fraction of sp³-hybridized carbons (Fsp3) is 0.833. The van der Waals surface area contributed by atoms with E-state index in [1.165, 1.54) is 42.1 Å². The van der Waals surface area contributed by atoms with E-state index in [1.807, 2.05) is 11.3 Å². The maximum Gasteiger partial charge on any atom is 0.131 e. The molecule has 0 bridgehead atoms. The highest BCUT2D eigenvalue weighted by Crippen LogP contribution is 2.40. The number of hydrogen-bond donors (Lipinski definition) is 1. The van der Waals surface area contributed by atoms with E-state index in [0.717, 1.165) is 18.5 Å². The minimum Gasteiger partial charge on any atom is -0.308 e. The third-order valence-electron chi connectivity index (χ3n) is 3.78. The highest BCUT2D eigenvalue weighted by Gasteiger charge is 2.28. The average Bonchev–Trinajstić information content (AvgIpc) is 2.82. The quantitative estimate of drug-likeness (QED) is 0.875. The van der Waals surface area contributed by atoms with Gasteiger partial charge in [0, 0.05) is 18.5 Å². The van der Waals surface area contributed by atoms with Gasteiger partial charge in [0.2, 0.25) is 0 Å². The summed E-state index contributed by atoms with van der Waals surface area (Å²) in [7, 11) is 0. The second kappa shape index (κ2) is 4.41. The molecule has 1 N–H and O–H groups in total. The normalized spacial score (nSPS) is 29.8. The summed E-state index contributed by atoms with van der Waals surface area (Å²) in [6.45, 7) is 3.27. The van der Waals surface area contributed by atoms with Gasteiger partial charge < -0.3 is 5.32 Å². The van der Waals surface area contributed by atoms with Gasteiger partial charge >= 0.3 is 0 Å². The lowest BCUT2D eigenvalue weighted by Crippen LogP contribution is -2.14. The second-order valence-corrected chi connectivity index (χ2v) is 6.30. The lowest BCUT2D eigenvalue weighted by Gasteiger charge is -2.10. The molecule has 3 nitrogen and oxygen atoms in total. The van der Waals surface area contributed by atoms with Crippen LogP contribution in [0.25, 0.3) is 0 Å². The van der Waals surface area contributed by atoms with Crippen LogP contribution in [-0.2, 0) is 6.54 Å². The molecule has 2 saturated carbocycles. The van der Waals surface area contributed by atoms with Crippen molar-refractivity contribution in [2.45, 2.75) is 57.5 Å². The molecule has 1 aromatic heterocycles. The number of aromatic nitrogens is 2. The van der Waals surface area contributed by atoms with E-state index < -0.39 is 0 Å². The van der Waals surface area contributed by atoms with E-state index in [9.17, 15) is 0 Å². The van der Waals surface area contributed by atoms with Gasteiger partial charge in [-0.25, -0.2) is 0 Å². The second-order valence-electron chi connectivity index (χ2n) is 5.20. The molecular formula is C12H19N3S. The van der Waals surface area contributed by atoms with Gasteiger partial charge in [-0.2, -0.15) is 0 Å². The number of nitrogens with zero attached hydrogens (tertiary/aromatic N) is 2. The molecule has 0 saturated heterocycles. The zero-order valence-electron chi connectivity index (χ0n) is 9.78. The molecular weight excluding hydrogens is 218 g/mol. The molecule has 0 amide bonds. The maximum absolute atomic E-state index is 4.38. The molecule has 1 heterocycles. The van der Waals surface area contributed by atoms with Gasteiger partial charge in [0.25, 0.3) is 0 Å². The van der Waals surface area contributed by atoms with Crippen molar-refractivity contribution in [2.24, 2.45) is 5.92 Å². The van der Waals surface area contributed by atoms with Crippen LogP contribution in [-0.4, -0.2) is 16.2 Å². The number of rotatable bonds is 4. The Kier molecular flexibility index (Phi) is 2.94. The molecule has 4 heteroatoms. The van der Waals surface area contributed by atoms with E-state index >= 15 is 0 Å². The Bertz CT molecular complexity index is 359. The van der Waals surface area contributed by atoms with Crippen LogP contribution in [0.5, 0.6) is 0 Å². The number of hydrogen-bond acceptors (Lipinski definition) is 4. The third-order valence-corrected chi connectivity index (χ3v) is 4.84. The van der Waals surface area contributed by atoms with Gasteiger partial charge in [0.1, 0.15) is 10.0 Å². The lowest BCUT2D eigenvalue weighted by atomic mass is 9.99. The molecule has 16 heavy (non-hydrogen) atoms. The van der Waals surface area contributed by atoms with E-state index in [-0.39, 0.29) is 0 Å². The topological polar surface area (TPSA) is 37.8 Å². The maximum atomic E-state index is 4.38. The van der Waals surface area contributed by atoms with E-state index in [1.54, 1.807) is 0 Å². The molecule has 2 fully saturated rings. The Morgan fingerprint density at radius 1 is 1.25 bits per heavy atom. The first-order valence-electron chi connectivity index (χ1n) is 6.38. The van der Waals surface area contributed by atoms with Crippen LogP contribution in [0.2, 0.25) is 0 Å². The van der Waals surface area contributed by atoms with Crippen molar-refractivity contribution in [1.29, 1.82) is 0 Å². The van der Waals surface area contributed by atoms with Gasteiger partial charge in [-0.3, -0.25) is 0 Å². The van der Waals surface area contributed by atoms with Crippen molar-refractivity contribution in [3.63, 3.8) is 0 Å². The minimum absolute atomic E-state index is 0.687. The lowest BCUT2D eigenvalue weighted by molar-refractivity contribution is 0.527. The summed E-state index contributed by atoms with van der Waals surface area (Å²) >= 11 is 1.82. The molecule has 3 rings (SSSR count). The molecule has 88 valence electrons. The Labute approximate surface area is 101 Å². The average molecular weight is 237 g/mol. The van der Waals surface area contributed by atoms with Gasteiger partial charge in [-0.15, -0.1) is 10.2 Å². The standard InChI is InChI=1S/C12H19N3S/c1-8-3-2-4-10(8)12-15-14-11(16-12)7-13-9-5-6-9/h8-10,13H,2-7H2,1H3. The van der Waals surface area contributed by atoms with Crippen LogP contribution in [0.4, 0.5) is 0 Å². The van der Waals surface area contributed by atoms with Crippen LogP contribution in [0.3, 0.4) is 0 Å². The van der Waals surface area contributed by atoms with E-state index in [4.69, 9.17) is 0 Å². The zero-order valence-corrected chi connectivity index (χ0v) is 10.6. The fourth-order valence-corrected chi connectivity index (χ4v) is 3.58. The predicted octanol–water partition coefficient (Wildman–Crippen LogP) is 2.69. The summed E-state index contributed by atoms with van der Waals surface area (Å²) in [5, 5.41) is 14.6. The summed E-state index contributed by atoms with van der Waals surface area (Å²) in [5.41, 5.74) is 0. The molecule has 1 aromatic rings.